The fourth-order valence-corrected chi connectivity index (χ4v) is 1.41. The first kappa shape index (κ1) is 11.6. The third-order valence-electron chi connectivity index (χ3n) is 2.28. The molecule has 1 aromatic heterocycles. The van der Waals surface area contributed by atoms with Gasteiger partial charge in [-0.05, 0) is 30.3 Å². The van der Waals surface area contributed by atoms with Crippen LogP contribution in [0.15, 0.2) is 36.4 Å². The molecule has 1 heterocycles. The molecule has 0 aliphatic heterocycles. The van der Waals surface area contributed by atoms with Crippen LogP contribution in [0.1, 0.15) is 0 Å². The number of hydrogen-bond acceptors (Lipinski definition) is 6. The molecule has 0 fully saturated rings. The van der Waals surface area contributed by atoms with Gasteiger partial charge >= 0.3 is 5.69 Å². The zero-order chi connectivity index (χ0) is 13.1. The van der Waals surface area contributed by atoms with E-state index in [-0.39, 0.29) is 11.5 Å². The predicted octanol–water partition coefficient (Wildman–Crippen LogP) is 1.90. The van der Waals surface area contributed by atoms with Crippen molar-refractivity contribution in [2.75, 3.05) is 16.8 Å². The van der Waals surface area contributed by atoms with Crippen molar-refractivity contribution in [3.63, 3.8) is 0 Å². The van der Waals surface area contributed by atoms with Gasteiger partial charge in [0.15, 0.2) is 0 Å². The number of anilines is 4. The molecule has 2 aromatic rings. The van der Waals surface area contributed by atoms with Crippen LogP contribution in [0.25, 0.3) is 0 Å². The van der Waals surface area contributed by atoms with Crippen LogP contribution in [0.2, 0.25) is 0 Å². The lowest BCUT2D eigenvalue weighted by Crippen LogP contribution is -2.01. The number of benzene rings is 1. The molecule has 0 saturated carbocycles. The quantitative estimate of drug-likeness (QED) is 0.431. The van der Waals surface area contributed by atoms with Gasteiger partial charge in [-0.15, -0.1) is 0 Å². The summed E-state index contributed by atoms with van der Waals surface area (Å²) in [5.74, 6) is 0.309. The molecule has 0 saturated heterocycles. The van der Waals surface area contributed by atoms with Crippen molar-refractivity contribution in [2.45, 2.75) is 0 Å². The summed E-state index contributed by atoms with van der Waals surface area (Å²) in [6, 6.07) is 9.81. The second kappa shape index (κ2) is 4.58. The van der Waals surface area contributed by atoms with Crippen molar-refractivity contribution >= 4 is 28.7 Å². The summed E-state index contributed by atoms with van der Waals surface area (Å²) in [6.07, 6.45) is 0. The summed E-state index contributed by atoms with van der Waals surface area (Å²) < 4.78 is 0. The minimum atomic E-state index is -0.574. The van der Waals surface area contributed by atoms with Crippen LogP contribution in [0.4, 0.5) is 28.7 Å². The number of nitrogens with two attached hydrogens (primary N) is 2. The van der Waals surface area contributed by atoms with Crippen molar-refractivity contribution in [2.24, 2.45) is 0 Å². The number of pyridine rings is 1. The van der Waals surface area contributed by atoms with E-state index in [1.807, 2.05) is 0 Å². The van der Waals surface area contributed by atoms with Crippen LogP contribution in [0.5, 0.6) is 0 Å². The number of nitrogens with one attached hydrogen (secondary N) is 1. The lowest BCUT2D eigenvalue weighted by Gasteiger charge is -2.06. The molecular weight excluding hydrogens is 234 g/mol. The molecule has 0 amide bonds. The first-order valence-electron chi connectivity index (χ1n) is 5.10. The van der Waals surface area contributed by atoms with Gasteiger partial charge in [0.1, 0.15) is 5.82 Å². The van der Waals surface area contributed by atoms with Gasteiger partial charge in [0.2, 0.25) is 5.82 Å². The Morgan fingerprint density at radius 2 is 1.78 bits per heavy atom. The van der Waals surface area contributed by atoms with Crippen LogP contribution in [-0.4, -0.2) is 9.91 Å². The van der Waals surface area contributed by atoms with E-state index in [4.69, 9.17) is 11.5 Å². The number of nitrogens with zero attached hydrogens (tertiary/aromatic N) is 2. The highest BCUT2D eigenvalue weighted by molar-refractivity contribution is 5.63. The second-order valence-corrected chi connectivity index (χ2v) is 3.60. The third kappa shape index (κ3) is 2.46. The summed E-state index contributed by atoms with van der Waals surface area (Å²) in [5.41, 5.74) is 12.3. The minimum Gasteiger partial charge on any atom is -0.399 e. The number of aromatic nitrogens is 1. The van der Waals surface area contributed by atoms with Crippen molar-refractivity contribution in [3.05, 3.63) is 46.5 Å². The molecule has 0 spiro atoms. The maximum absolute atomic E-state index is 10.6. The molecule has 0 bridgehead atoms. The van der Waals surface area contributed by atoms with Crippen molar-refractivity contribution < 1.29 is 4.92 Å². The smallest absolute Gasteiger partial charge is 0.311 e. The monoisotopic (exact) mass is 245 g/mol. The van der Waals surface area contributed by atoms with Crippen LogP contribution >= 0.6 is 0 Å². The molecule has 0 atom stereocenters. The van der Waals surface area contributed by atoms with Crippen LogP contribution in [-0.2, 0) is 0 Å². The number of rotatable bonds is 3. The van der Waals surface area contributed by atoms with E-state index in [2.05, 4.69) is 10.3 Å². The molecule has 1 aromatic carbocycles. The van der Waals surface area contributed by atoms with Crippen LogP contribution < -0.4 is 16.8 Å². The Morgan fingerprint density at radius 1 is 1.11 bits per heavy atom. The predicted molar refractivity (Wildman–Crippen MR) is 69.4 cm³/mol. The van der Waals surface area contributed by atoms with Gasteiger partial charge in [0.05, 0.1) is 4.92 Å². The molecule has 0 aliphatic carbocycles. The Hall–Kier alpha value is -2.83. The molecule has 0 unspecified atom stereocenters. The lowest BCUT2D eigenvalue weighted by molar-refractivity contribution is -0.384. The Labute approximate surface area is 103 Å². The SMILES string of the molecule is Nc1ccc(Nc2ccc([N+](=O)[O-])c(N)n2)cc1. The van der Waals surface area contributed by atoms with E-state index >= 15 is 0 Å². The van der Waals surface area contributed by atoms with Crippen molar-refractivity contribution in [3.8, 4) is 0 Å². The van der Waals surface area contributed by atoms with Gasteiger partial charge < -0.3 is 16.8 Å². The third-order valence-corrected chi connectivity index (χ3v) is 2.28. The Morgan fingerprint density at radius 3 is 2.33 bits per heavy atom. The summed E-state index contributed by atoms with van der Waals surface area (Å²) >= 11 is 0. The average molecular weight is 245 g/mol. The molecule has 18 heavy (non-hydrogen) atoms. The van der Waals surface area contributed by atoms with E-state index < -0.39 is 4.92 Å². The van der Waals surface area contributed by atoms with E-state index in [9.17, 15) is 10.1 Å². The van der Waals surface area contributed by atoms with Crippen molar-refractivity contribution in [1.82, 2.24) is 4.98 Å². The molecule has 5 N–H and O–H groups in total. The Kier molecular flexibility index (Phi) is 2.96. The van der Waals surface area contributed by atoms with E-state index in [1.54, 1.807) is 24.3 Å². The Balaban J connectivity index is 2.22. The first-order chi connectivity index (χ1) is 8.56. The maximum atomic E-state index is 10.6. The van der Waals surface area contributed by atoms with Gasteiger partial charge in [-0.3, -0.25) is 10.1 Å². The Bertz CT molecular complexity index is 582. The molecule has 0 aliphatic rings. The lowest BCUT2D eigenvalue weighted by atomic mass is 10.3. The normalized spacial score (nSPS) is 10.0. The number of nitro groups is 1. The highest BCUT2D eigenvalue weighted by atomic mass is 16.6. The van der Waals surface area contributed by atoms with Crippen LogP contribution in [0, 0.1) is 10.1 Å². The number of hydrogen-bond donors (Lipinski definition) is 3. The minimum absolute atomic E-state index is 0.125. The molecule has 2 rings (SSSR count). The fraction of sp³-hybridized carbons (Fsp3) is 0. The van der Waals surface area contributed by atoms with Gasteiger partial charge in [0.25, 0.3) is 0 Å². The zero-order valence-electron chi connectivity index (χ0n) is 9.33. The summed E-state index contributed by atoms with van der Waals surface area (Å²) in [6.45, 7) is 0. The fourth-order valence-electron chi connectivity index (χ4n) is 1.41. The highest BCUT2D eigenvalue weighted by Crippen LogP contribution is 2.23. The van der Waals surface area contributed by atoms with Gasteiger partial charge in [-0.25, -0.2) is 4.98 Å². The largest absolute Gasteiger partial charge is 0.399 e. The van der Waals surface area contributed by atoms with Gasteiger partial charge in [-0.1, -0.05) is 0 Å². The average Bonchev–Trinajstić information content (AvgIpc) is 2.32. The molecular formula is C11H11N5O2. The van der Waals surface area contributed by atoms with E-state index in [0.29, 0.717) is 11.5 Å². The summed E-state index contributed by atoms with van der Waals surface area (Å²) in [4.78, 5) is 13.9. The molecule has 7 nitrogen and oxygen atoms in total. The topological polar surface area (TPSA) is 120 Å². The molecule has 7 heteroatoms. The number of nitrogen functional groups attached to an aromatic ring is 2. The standard InChI is InChI=1S/C11H11N5O2/c12-7-1-3-8(4-2-7)14-10-6-5-9(16(17)18)11(13)15-10/h1-6H,12H2,(H3,13,14,15). The summed E-state index contributed by atoms with van der Waals surface area (Å²) in [7, 11) is 0. The van der Waals surface area contributed by atoms with E-state index in [1.165, 1.54) is 12.1 Å². The second-order valence-electron chi connectivity index (χ2n) is 3.60. The van der Waals surface area contributed by atoms with Crippen molar-refractivity contribution in [1.29, 1.82) is 0 Å². The van der Waals surface area contributed by atoms with Gasteiger partial charge in [-0.2, -0.15) is 0 Å². The summed E-state index contributed by atoms with van der Waals surface area (Å²) in [5, 5.41) is 13.5. The molecule has 92 valence electrons. The van der Waals surface area contributed by atoms with Gasteiger partial charge in [0, 0.05) is 17.4 Å². The maximum Gasteiger partial charge on any atom is 0.311 e. The first-order valence-corrected chi connectivity index (χ1v) is 5.10. The highest BCUT2D eigenvalue weighted by Gasteiger charge is 2.12. The van der Waals surface area contributed by atoms with Crippen LogP contribution in [0.3, 0.4) is 0 Å². The molecule has 0 radical (unpaired) electrons. The van der Waals surface area contributed by atoms with E-state index in [0.717, 1.165) is 5.69 Å². The zero-order valence-corrected chi connectivity index (χ0v) is 9.33.